The second kappa shape index (κ2) is 5.99. The predicted octanol–water partition coefficient (Wildman–Crippen LogP) is 3.59. The van der Waals surface area contributed by atoms with Crippen molar-refractivity contribution in [2.45, 2.75) is 64.9 Å². The molecule has 1 heterocycles. The molecule has 0 aromatic carbocycles. The van der Waals surface area contributed by atoms with Crippen molar-refractivity contribution in [3.8, 4) is 0 Å². The quantitative estimate of drug-likeness (QED) is 0.748. The van der Waals surface area contributed by atoms with Gasteiger partial charge in [0.15, 0.2) is 5.78 Å². The van der Waals surface area contributed by atoms with Crippen molar-refractivity contribution < 1.29 is 9.53 Å². The van der Waals surface area contributed by atoms with Crippen LogP contribution in [0.3, 0.4) is 0 Å². The summed E-state index contributed by atoms with van der Waals surface area (Å²) in [6, 6.07) is 0. The maximum atomic E-state index is 12.5. The summed E-state index contributed by atoms with van der Waals surface area (Å²) in [5.41, 5.74) is 0. The lowest BCUT2D eigenvalue weighted by Crippen LogP contribution is -2.37. The summed E-state index contributed by atoms with van der Waals surface area (Å²) in [6.45, 7) is 5.34. The molecule has 0 radical (unpaired) electrons. The van der Waals surface area contributed by atoms with Crippen molar-refractivity contribution in [2.75, 3.05) is 6.61 Å². The number of carbonyl (C=O) groups excluding carboxylic acids is 1. The molecule has 17 heavy (non-hydrogen) atoms. The number of hydrogen-bond acceptors (Lipinski definition) is 2. The molecule has 98 valence electrons. The summed E-state index contributed by atoms with van der Waals surface area (Å²) >= 11 is 0. The molecule has 0 bridgehead atoms. The van der Waals surface area contributed by atoms with Gasteiger partial charge in [0.05, 0.1) is 0 Å². The Hall–Kier alpha value is -0.370. The van der Waals surface area contributed by atoms with Gasteiger partial charge in [-0.3, -0.25) is 4.79 Å². The number of Topliss-reactive ketones (excluding diaryl/α,β-unsaturated/α-hetero) is 1. The minimum atomic E-state index is -0.0651. The largest absolute Gasteiger partial charge is 0.370 e. The summed E-state index contributed by atoms with van der Waals surface area (Å²) in [7, 11) is 0. The normalized spacial score (nSPS) is 35.8. The van der Waals surface area contributed by atoms with Gasteiger partial charge in [0.2, 0.25) is 0 Å². The highest BCUT2D eigenvalue weighted by atomic mass is 16.5. The fourth-order valence-electron chi connectivity index (χ4n) is 3.54. The van der Waals surface area contributed by atoms with E-state index in [4.69, 9.17) is 4.74 Å². The topological polar surface area (TPSA) is 26.3 Å². The average Bonchev–Trinajstić information content (AvgIpc) is 2.91. The Labute approximate surface area is 105 Å². The minimum absolute atomic E-state index is 0.0651. The van der Waals surface area contributed by atoms with Crippen molar-refractivity contribution in [3.63, 3.8) is 0 Å². The van der Waals surface area contributed by atoms with Gasteiger partial charge in [-0.2, -0.15) is 0 Å². The Kier molecular flexibility index (Phi) is 4.61. The van der Waals surface area contributed by atoms with Crippen molar-refractivity contribution in [1.82, 2.24) is 0 Å². The summed E-state index contributed by atoms with van der Waals surface area (Å²) in [5, 5.41) is 0. The molecule has 2 nitrogen and oxygen atoms in total. The summed E-state index contributed by atoms with van der Waals surface area (Å²) in [4.78, 5) is 12.5. The third-order valence-electron chi connectivity index (χ3n) is 4.81. The van der Waals surface area contributed by atoms with Gasteiger partial charge in [-0.25, -0.2) is 0 Å². The lowest BCUT2D eigenvalue weighted by molar-refractivity contribution is -0.135. The zero-order valence-electron chi connectivity index (χ0n) is 11.3. The highest BCUT2D eigenvalue weighted by Crippen LogP contribution is 2.38. The van der Waals surface area contributed by atoms with Crippen LogP contribution in [0.25, 0.3) is 0 Å². The van der Waals surface area contributed by atoms with Gasteiger partial charge < -0.3 is 4.74 Å². The molecule has 1 saturated carbocycles. The van der Waals surface area contributed by atoms with Gasteiger partial charge in [-0.05, 0) is 37.5 Å². The molecule has 2 aliphatic rings. The second-order valence-electron chi connectivity index (χ2n) is 5.84. The second-order valence-corrected chi connectivity index (χ2v) is 5.84. The monoisotopic (exact) mass is 238 g/mol. The first kappa shape index (κ1) is 13.1. The van der Waals surface area contributed by atoms with E-state index in [1.165, 1.54) is 25.7 Å². The highest BCUT2D eigenvalue weighted by Gasteiger charge is 2.38. The fourth-order valence-corrected chi connectivity index (χ4v) is 3.54. The number of ether oxygens (including phenoxy) is 1. The zero-order chi connectivity index (χ0) is 12.3. The standard InChI is InChI=1S/C15H26O2/c1-3-11(2)12-7-4-5-8-13(12)15(16)14-9-6-10-17-14/h11-14H,3-10H2,1-2H3. The smallest absolute Gasteiger partial charge is 0.164 e. The van der Waals surface area contributed by atoms with Gasteiger partial charge in [-0.1, -0.05) is 33.1 Å². The first-order valence-corrected chi connectivity index (χ1v) is 7.39. The van der Waals surface area contributed by atoms with E-state index in [9.17, 15) is 4.79 Å². The maximum Gasteiger partial charge on any atom is 0.164 e. The molecule has 1 saturated heterocycles. The average molecular weight is 238 g/mol. The molecule has 2 heteroatoms. The third-order valence-corrected chi connectivity index (χ3v) is 4.81. The van der Waals surface area contributed by atoms with Crippen LogP contribution in [-0.2, 0) is 9.53 Å². The lowest BCUT2D eigenvalue weighted by Gasteiger charge is -2.35. The highest BCUT2D eigenvalue weighted by molar-refractivity contribution is 5.86. The van der Waals surface area contributed by atoms with E-state index in [1.807, 2.05) is 0 Å². The molecular weight excluding hydrogens is 212 g/mol. The molecule has 0 aromatic heterocycles. The molecule has 4 unspecified atom stereocenters. The van der Waals surface area contributed by atoms with Crippen LogP contribution in [0.2, 0.25) is 0 Å². The van der Waals surface area contributed by atoms with Gasteiger partial charge in [0.25, 0.3) is 0 Å². The Bertz CT molecular complexity index is 256. The van der Waals surface area contributed by atoms with Gasteiger partial charge in [0, 0.05) is 12.5 Å². The van der Waals surface area contributed by atoms with Crippen LogP contribution >= 0.6 is 0 Å². The summed E-state index contributed by atoms with van der Waals surface area (Å²) in [6.07, 6.45) is 8.05. The molecule has 2 fully saturated rings. The number of hydrogen-bond donors (Lipinski definition) is 0. The number of ketones is 1. The third kappa shape index (κ3) is 2.90. The van der Waals surface area contributed by atoms with Crippen LogP contribution in [0, 0.1) is 17.8 Å². The maximum absolute atomic E-state index is 12.5. The van der Waals surface area contributed by atoms with Crippen molar-refractivity contribution in [2.24, 2.45) is 17.8 Å². The first-order chi connectivity index (χ1) is 8.24. The molecule has 0 spiro atoms. The lowest BCUT2D eigenvalue weighted by atomic mass is 9.69. The van der Waals surface area contributed by atoms with Crippen LogP contribution in [-0.4, -0.2) is 18.5 Å². The Morgan fingerprint density at radius 2 is 2.00 bits per heavy atom. The Morgan fingerprint density at radius 1 is 1.24 bits per heavy atom. The van der Waals surface area contributed by atoms with Crippen LogP contribution in [0.1, 0.15) is 58.8 Å². The molecule has 0 amide bonds. The molecule has 1 aliphatic heterocycles. The van der Waals surface area contributed by atoms with E-state index in [0.717, 1.165) is 25.9 Å². The fraction of sp³-hybridized carbons (Fsp3) is 0.933. The molecule has 0 aromatic rings. The van der Waals surface area contributed by atoms with Crippen molar-refractivity contribution in [3.05, 3.63) is 0 Å². The van der Waals surface area contributed by atoms with Gasteiger partial charge >= 0.3 is 0 Å². The van der Waals surface area contributed by atoms with E-state index in [1.54, 1.807) is 0 Å². The molecule has 0 N–H and O–H groups in total. The van der Waals surface area contributed by atoms with E-state index in [0.29, 0.717) is 23.5 Å². The summed E-state index contributed by atoms with van der Waals surface area (Å²) < 4.78 is 5.58. The molecule has 1 aliphatic carbocycles. The minimum Gasteiger partial charge on any atom is -0.370 e. The van der Waals surface area contributed by atoms with Crippen molar-refractivity contribution in [1.29, 1.82) is 0 Å². The first-order valence-electron chi connectivity index (χ1n) is 7.39. The SMILES string of the molecule is CCC(C)C1CCCCC1C(=O)C1CCCO1. The predicted molar refractivity (Wildman–Crippen MR) is 68.9 cm³/mol. The molecule has 4 atom stereocenters. The van der Waals surface area contributed by atoms with Gasteiger partial charge in [0.1, 0.15) is 6.10 Å². The molecular formula is C15H26O2. The van der Waals surface area contributed by atoms with E-state index < -0.39 is 0 Å². The zero-order valence-corrected chi connectivity index (χ0v) is 11.3. The van der Waals surface area contributed by atoms with E-state index >= 15 is 0 Å². The van der Waals surface area contributed by atoms with Crippen LogP contribution in [0.15, 0.2) is 0 Å². The van der Waals surface area contributed by atoms with Gasteiger partial charge in [-0.15, -0.1) is 0 Å². The number of rotatable bonds is 4. The summed E-state index contributed by atoms with van der Waals surface area (Å²) in [5.74, 6) is 2.02. The van der Waals surface area contributed by atoms with Crippen LogP contribution in [0.5, 0.6) is 0 Å². The van der Waals surface area contributed by atoms with Crippen LogP contribution < -0.4 is 0 Å². The molecule has 2 rings (SSSR count). The Morgan fingerprint density at radius 3 is 2.65 bits per heavy atom. The van der Waals surface area contributed by atoms with Crippen molar-refractivity contribution >= 4 is 5.78 Å². The Balaban J connectivity index is 2.02. The van der Waals surface area contributed by atoms with E-state index in [2.05, 4.69) is 13.8 Å². The number of carbonyl (C=O) groups is 1. The van der Waals surface area contributed by atoms with E-state index in [-0.39, 0.29) is 6.10 Å². The van der Waals surface area contributed by atoms with Crippen LogP contribution in [0.4, 0.5) is 0 Å².